The van der Waals surface area contributed by atoms with Gasteiger partial charge in [0.1, 0.15) is 0 Å². The molecule has 0 rings (SSSR count). The highest BCUT2D eigenvalue weighted by Gasteiger charge is 2.29. The van der Waals surface area contributed by atoms with Gasteiger partial charge < -0.3 is 4.74 Å². The van der Waals surface area contributed by atoms with Crippen molar-refractivity contribution in [2.75, 3.05) is 6.61 Å². The van der Waals surface area contributed by atoms with E-state index in [9.17, 15) is 18.0 Å². The number of carbonyl (C=O) groups is 1. The molecule has 162 valence electrons. The van der Waals surface area contributed by atoms with Gasteiger partial charge in [-0.25, -0.2) is 4.79 Å². The van der Waals surface area contributed by atoms with E-state index in [-0.39, 0.29) is 0 Å². The first-order valence-corrected chi connectivity index (χ1v) is 10.2. The third kappa shape index (κ3) is 23.7. The molecule has 5 heteroatoms. The Morgan fingerprint density at radius 3 is 1.76 bits per heavy atom. The van der Waals surface area contributed by atoms with Crippen molar-refractivity contribution in [1.29, 1.82) is 0 Å². The Balaban J connectivity index is 3.74. The lowest BCUT2D eigenvalue weighted by molar-refractivity contribution is -0.182. The summed E-state index contributed by atoms with van der Waals surface area (Å²) in [4.78, 5) is 11.0. The van der Waals surface area contributed by atoms with E-state index in [4.69, 9.17) is 0 Å². The van der Waals surface area contributed by atoms with Gasteiger partial charge in [-0.1, -0.05) is 112 Å². The molecule has 0 radical (unpaired) electrons. The zero-order valence-corrected chi connectivity index (χ0v) is 17.2. The fraction of sp³-hybridized carbons (Fsp3) is 0.458. The van der Waals surface area contributed by atoms with Gasteiger partial charge in [-0.05, 0) is 12.8 Å². The van der Waals surface area contributed by atoms with Crippen LogP contribution in [0.25, 0.3) is 0 Å². The summed E-state index contributed by atoms with van der Waals surface area (Å²) in [5.41, 5.74) is 0. The molecule has 0 fully saturated rings. The third-order valence-corrected chi connectivity index (χ3v) is 3.72. The smallest absolute Gasteiger partial charge is 0.422 e. The first-order chi connectivity index (χ1) is 14.0. The highest BCUT2D eigenvalue weighted by Crippen LogP contribution is 2.14. The second kappa shape index (κ2) is 19.0. The van der Waals surface area contributed by atoms with Crippen LogP contribution in [0.3, 0.4) is 0 Å². The minimum atomic E-state index is -4.51. The molecule has 0 spiro atoms. The average molecular weight is 411 g/mol. The molecular formula is C24H33F3O2. The molecule has 29 heavy (non-hydrogen) atoms. The summed E-state index contributed by atoms with van der Waals surface area (Å²) < 4.78 is 39.5. The third-order valence-electron chi connectivity index (χ3n) is 3.72. The van der Waals surface area contributed by atoms with E-state index in [2.05, 4.69) is 17.7 Å². The molecule has 0 bridgehead atoms. The summed E-state index contributed by atoms with van der Waals surface area (Å²) in [5, 5.41) is 0. The molecule has 0 aliphatic carbocycles. The molecule has 0 N–H and O–H groups in total. The van der Waals surface area contributed by atoms with Crippen molar-refractivity contribution >= 4 is 5.97 Å². The lowest BCUT2D eigenvalue weighted by atomic mass is 10.1. The van der Waals surface area contributed by atoms with E-state index in [1.165, 1.54) is 57.1 Å². The zero-order chi connectivity index (χ0) is 21.6. The van der Waals surface area contributed by atoms with Gasteiger partial charge in [0.2, 0.25) is 0 Å². The van der Waals surface area contributed by atoms with Crippen molar-refractivity contribution in [1.82, 2.24) is 0 Å². The minimum absolute atomic E-state index is 0.938. The van der Waals surface area contributed by atoms with Crippen molar-refractivity contribution in [3.05, 3.63) is 72.9 Å². The number of esters is 1. The number of allylic oxidation sites excluding steroid dienone is 11. The van der Waals surface area contributed by atoms with Crippen molar-refractivity contribution in [3.8, 4) is 0 Å². The van der Waals surface area contributed by atoms with E-state index in [0.29, 0.717) is 0 Å². The van der Waals surface area contributed by atoms with E-state index in [0.717, 1.165) is 12.5 Å². The Labute approximate surface area is 173 Å². The molecule has 2 nitrogen and oxygen atoms in total. The minimum Gasteiger partial charge on any atom is -0.453 e. The Morgan fingerprint density at radius 2 is 1.21 bits per heavy atom. The highest BCUT2D eigenvalue weighted by atomic mass is 19.4. The van der Waals surface area contributed by atoms with Crippen molar-refractivity contribution in [2.24, 2.45) is 0 Å². The summed E-state index contributed by atoms with van der Waals surface area (Å²) in [5.74, 6) is -1.03. The summed E-state index contributed by atoms with van der Waals surface area (Å²) >= 11 is 0. The molecule has 0 aliphatic heterocycles. The Bertz CT molecular complexity index is 579. The number of hydrogen-bond acceptors (Lipinski definition) is 2. The summed E-state index contributed by atoms with van der Waals surface area (Å²) in [7, 11) is 0. The van der Waals surface area contributed by atoms with E-state index >= 15 is 0 Å². The van der Waals surface area contributed by atoms with Crippen molar-refractivity contribution < 1.29 is 22.7 Å². The van der Waals surface area contributed by atoms with E-state index < -0.39 is 18.8 Å². The van der Waals surface area contributed by atoms with Gasteiger partial charge in [-0.15, -0.1) is 0 Å². The van der Waals surface area contributed by atoms with Gasteiger partial charge in [-0.2, -0.15) is 13.2 Å². The second-order valence-electron chi connectivity index (χ2n) is 6.46. The van der Waals surface area contributed by atoms with Gasteiger partial charge in [0.05, 0.1) is 0 Å². The number of alkyl halides is 3. The Morgan fingerprint density at radius 1 is 0.724 bits per heavy atom. The highest BCUT2D eigenvalue weighted by molar-refractivity contribution is 5.82. The molecular weight excluding hydrogens is 377 g/mol. The van der Waals surface area contributed by atoms with Crippen LogP contribution in [0, 0.1) is 0 Å². The topological polar surface area (TPSA) is 26.3 Å². The SMILES string of the molecule is CCCCCCCCCC=CC=CC=CC=CC=CC=CC(=O)OCC(F)(F)F. The molecule has 0 aromatic rings. The Hall–Kier alpha value is -2.30. The van der Waals surface area contributed by atoms with Gasteiger partial charge in [0, 0.05) is 6.08 Å². The lowest BCUT2D eigenvalue weighted by Crippen LogP contribution is -2.19. The van der Waals surface area contributed by atoms with Crippen molar-refractivity contribution in [2.45, 2.75) is 64.5 Å². The van der Waals surface area contributed by atoms with Crippen LogP contribution in [-0.2, 0) is 9.53 Å². The predicted molar refractivity (Wildman–Crippen MR) is 114 cm³/mol. The average Bonchev–Trinajstić information content (AvgIpc) is 2.67. The number of unbranched alkanes of at least 4 members (excludes halogenated alkanes) is 7. The normalized spacial score (nSPS) is 13.4. The summed E-state index contributed by atoms with van der Waals surface area (Å²) in [6.07, 6.45) is 26.8. The van der Waals surface area contributed by atoms with Crippen LogP contribution in [0.15, 0.2) is 72.9 Å². The molecule has 0 amide bonds. The maximum atomic E-state index is 11.8. The van der Waals surface area contributed by atoms with E-state index in [1.807, 2.05) is 30.4 Å². The number of carbonyl (C=O) groups excluding carboxylic acids is 1. The first kappa shape index (κ1) is 26.7. The van der Waals surface area contributed by atoms with Crippen LogP contribution in [-0.4, -0.2) is 18.8 Å². The van der Waals surface area contributed by atoms with Crippen molar-refractivity contribution in [3.63, 3.8) is 0 Å². The molecule has 0 aliphatic rings. The van der Waals surface area contributed by atoms with Crippen LogP contribution < -0.4 is 0 Å². The molecule has 0 unspecified atom stereocenters. The molecule has 0 aromatic carbocycles. The van der Waals surface area contributed by atoms with E-state index in [1.54, 1.807) is 18.2 Å². The first-order valence-electron chi connectivity index (χ1n) is 10.2. The van der Waals surface area contributed by atoms with Gasteiger partial charge in [0.25, 0.3) is 0 Å². The maximum absolute atomic E-state index is 11.8. The van der Waals surface area contributed by atoms with Gasteiger partial charge in [0.15, 0.2) is 6.61 Å². The van der Waals surface area contributed by atoms with Crippen LogP contribution in [0.1, 0.15) is 58.3 Å². The fourth-order valence-electron chi connectivity index (χ4n) is 2.24. The van der Waals surface area contributed by atoms with Crippen LogP contribution >= 0.6 is 0 Å². The number of ether oxygens (including phenoxy) is 1. The van der Waals surface area contributed by atoms with Crippen LogP contribution in [0.2, 0.25) is 0 Å². The quantitative estimate of drug-likeness (QED) is 0.120. The molecule has 0 aromatic heterocycles. The molecule has 0 saturated heterocycles. The lowest BCUT2D eigenvalue weighted by Gasteiger charge is -2.04. The number of halogens is 3. The van der Waals surface area contributed by atoms with Crippen LogP contribution in [0.5, 0.6) is 0 Å². The zero-order valence-electron chi connectivity index (χ0n) is 17.2. The van der Waals surface area contributed by atoms with Gasteiger partial charge in [-0.3, -0.25) is 0 Å². The largest absolute Gasteiger partial charge is 0.453 e. The number of hydrogen-bond donors (Lipinski definition) is 0. The molecule has 0 atom stereocenters. The molecule has 0 heterocycles. The fourth-order valence-corrected chi connectivity index (χ4v) is 2.24. The predicted octanol–water partition coefficient (Wildman–Crippen LogP) is 7.57. The standard InChI is InChI=1S/C24H33F3O2/c1-2-3-4-5-6-7-8-9-10-11-12-13-14-15-16-17-18-19-20-21-23(28)29-22-24(25,26)27/h10-21H,2-9,22H2,1H3. The number of rotatable bonds is 15. The monoisotopic (exact) mass is 410 g/mol. The summed E-state index contributed by atoms with van der Waals surface area (Å²) in [6.45, 7) is 0.657. The van der Waals surface area contributed by atoms with Crippen LogP contribution in [0.4, 0.5) is 13.2 Å². The summed E-state index contributed by atoms with van der Waals surface area (Å²) in [6, 6.07) is 0. The molecule has 0 saturated carbocycles. The second-order valence-corrected chi connectivity index (χ2v) is 6.46. The Kier molecular flexibility index (Phi) is 17.5. The van der Waals surface area contributed by atoms with Gasteiger partial charge >= 0.3 is 12.1 Å². The maximum Gasteiger partial charge on any atom is 0.422 e.